The highest BCUT2D eigenvalue weighted by Gasteiger charge is 2.25. The molecule has 0 fully saturated rings. The summed E-state index contributed by atoms with van der Waals surface area (Å²) in [6, 6.07) is 12.3. The molecular weight excluding hydrogens is 377 g/mol. The summed E-state index contributed by atoms with van der Waals surface area (Å²) < 4.78 is 18.0. The van der Waals surface area contributed by atoms with Crippen LogP contribution in [0.1, 0.15) is 13.3 Å². The Bertz CT molecular complexity index is 957. The van der Waals surface area contributed by atoms with Gasteiger partial charge in [-0.1, -0.05) is 12.1 Å². The minimum Gasteiger partial charge on any atom is -0.466 e. The third-order valence-corrected chi connectivity index (χ3v) is 4.12. The molecule has 1 heterocycles. The molecule has 0 bridgehead atoms. The average molecular weight is 397 g/mol. The maximum absolute atomic E-state index is 13.0. The number of halogens is 1. The number of hydrogen-bond acceptors (Lipinski definition) is 5. The average Bonchev–Trinajstić information content (AvgIpc) is 2.80. The third-order valence-electron chi connectivity index (χ3n) is 4.12. The van der Waals surface area contributed by atoms with E-state index in [-0.39, 0.29) is 19.6 Å². The lowest BCUT2D eigenvalue weighted by Gasteiger charge is -2.21. The van der Waals surface area contributed by atoms with E-state index in [2.05, 4.69) is 10.6 Å². The molecule has 2 N–H and O–H groups in total. The van der Waals surface area contributed by atoms with E-state index < -0.39 is 23.6 Å². The molecule has 29 heavy (non-hydrogen) atoms. The summed E-state index contributed by atoms with van der Waals surface area (Å²) in [6.45, 7) is 1.69. The molecule has 1 aliphatic rings. The Hall–Kier alpha value is -3.68. The number of para-hydroxylation sites is 2. The molecule has 0 aliphatic carbocycles. The number of rotatable bonds is 6. The lowest BCUT2D eigenvalue weighted by molar-refractivity contribution is -0.142. The Morgan fingerprint density at radius 1 is 1.14 bits per heavy atom. The molecule has 8 heteroatoms. The van der Waals surface area contributed by atoms with Crippen molar-refractivity contribution in [2.45, 2.75) is 13.3 Å². The van der Waals surface area contributed by atoms with E-state index in [1.54, 1.807) is 31.2 Å². The summed E-state index contributed by atoms with van der Waals surface area (Å²) in [5.74, 6) is -1.76. The predicted molar refractivity (Wildman–Crippen MR) is 107 cm³/mol. The molecule has 0 aromatic heterocycles. The number of carbonyl (C=O) groups excluding carboxylic acids is 3. The van der Waals surface area contributed by atoms with Crippen LogP contribution in [0.3, 0.4) is 0 Å². The predicted octanol–water partition coefficient (Wildman–Crippen LogP) is 3.06. The number of esters is 1. The molecule has 0 saturated carbocycles. The molecule has 2 aromatic carbocycles. The van der Waals surface area contributed by atoms with Crippen molar-refractivity contribution in [3.8, 4) is 0 Å². The molecule has 150 valence electrons. The molecule has 0 radical (unpaired) electrons. The highest BCUT2D eigenvalue weighted by molar-refractivity contribution is 6.10. The molecule has 0 spiro atoms. The van der Waals surface area contributed by atoms with Gasteiger partial charge in [0.25, 0.3) is 5.91 Å². The monoisotopic (exact) mass is 397 g/mol. The second-order valence-corrected chi connectivity index (χ2v) is 6.27. The topological polar surface area (TPSA) is 87.7 Å². The lowest BCUT2D eigenvalue weighted by Crippen LogP contribution is -2.37. The Balaban J connectivity index is 1.80. The Kier molecular flexibility index (Phi) is 6.23. The van der Waals surface area contributed by atoms with E-state index in [9.17, 15) is 18.8 Å². The van der Waals surface area contributed by atoms with Crippen molar-refractivity contribution in [3.63, 3.8) is 0 Å². The number of amides is 2. The van der Waals surface area contributed by atoms with E-state index in [1.165, 1.54) is 35.2 Å². The first-order valence-corrected chi connectivity index (χ1v) is 9.05. The zero-order valence-corrected chi connectivity index (χ0v) is 15.8. The number of nitrogens with one attached hydrogen (secondary N) is 2. The highest BCUT2D eigenvalue weighted by atomic mass is 19.1. The van der Waals surface area contributed by atoms with Crippen molar-refractivity contribution < 1.29 is 23.5 Å². The number of fused-ring (bicyclic) bond motifs is 1. The fourth-order valence-corrected chi connectivity index (χ4v) is 2.87. The first kappa shape index (κ1) is 20.1. The van der Waals surface area contributed by atoms with Crippen LogP contribution in [0.2, 0.25) is 0 Å². The second-order valence-electron chi connectivity index (χ2n) is 6.27. The molecule has 7 nitrogen and oxygen atoms in total. The molecule has 2 aromatic rings. The number of carbonyl (C=O) groups is 3. The van der Waals surface area contributed by atoms with E-state index in [1.807, 2.05) is 0 Å². The molecular formula is C21H20FN3O4. The van der Waals surface area contributed by atoms with Gasteiger partial charge in [-0.15, -0.1) is 0 Å². The van der Waals surface area contributed by atoms with Crippen LogP contribution in [0.25, 0.3) is 0 Å². The SMILES string of the molecule is CCOC(=O)CC1=CC(=O)N(CC(=O)Nc2ccc(F)cc2)c2ccccc2N1. The number of benzene rings is 2. The Morgan fingerprint density at radius 2 is 1.86 bits per heavy atom. The van der Waals surface area contributed by atoms with Crippen molar-refractivity contribution in [1.82, 2.24) is 0 Å². The maximum atomic E-state index is 13.0. The quantitative estimate of drug-likeness (QED) is 0.732. The summed E-state index contributed by atoms with van der Waals surface area (Å²) in [4.78, 5) is 38.4. The summed E-state index contributed by atoms with van der Waals surface area (Å²) in [5, 5.41) is 5.70. The minimum absolute atomic E-state index is 0.0937. The standard InChI is InChI=1S/C21H20FN3O4/c1-2-29-21(28)12-16-11-20(27)25(18-6-4-3-5-17(18)23-16)13-19(26)24-15-9-7-14(22)8-10-15/h3-11,23H,2,12-13H2,1H3,(H,24,26). The first-order valence-electron chi connectivity index (χ1n) is 9.05. The van der Waals surface area contributed by atoms with E-state index >= 15 is 0 Å². The van der Waals surface area contributed by atoms with Gasteiger partial charge in [-0.05, 0) is 43.3 Å². The molecule has 2 amide bonds. The normalized spacial score (nSPS) is 13.0. The van der Waals surface area contributed by atoms with Gasteiger partial charge in [0.05, 0.1) is 24.4 Å². The van der Waals surface area contributed by atoms with Crippen LogP contribution in [0.5, 0.6) is 0 Å². The maximum Gasteiger partial charge on any atom is 0.311 e. The zero-order chi connectivity index (χ0) is 20.8. The second kappa shape index (κ2) is 9.01. The smallest absolute Gasteiger partial charge is 0.311 e. The summed E-state index contributed by atoms with van der Waals surface area (Å²) in [7, 11) is 0. The molecule has 0 saturated heterocycles. The van der Waals surface area contributed by atoms with Gasteiger partial charge < -0.3 is 15.4 Å². The van der Waals surface area contributed by atoms with Crippen LogP contribution in [0, 0.1) is 5.82 Å². The lowest BCUT2D eigenvalue weighted by atomic mass is 10.2. The van der Waals surface area contributed by atoms with Gasteiger partial charge >= 0.3 is 5.97 Å². The van der Waals surface area contributed by atoms with Gasteiger partial charge in [0.1, 0.15) is 12.4 Å². The number of hydrogen-bond donors (Lipinski definition) is 2. The van der Waals surface area contributed by atoms with E-state index in [4.69, 9.17) is 4.74 Å². The molecule has 0 atom stereocenters. The Labute approximate surface area is 167 Å². The van der Waals surface area contributed by atoms with E-state index in [0.29, 0.717) is 22.8 Å². The van der Waals surface area contributed by atoms with Crippen molar-refractivity contribution in [3.05, 3.63) is 66.1 Å². The summed E-state index contributed by atoms with van der Waals surface area (Å²) >= 11 is 0. The first-order chi connectivity index (χ1) is 14.0. The van der Waals surface area contributed by atoms with Crippen LogP contribution in [-0.4, -0.2) is 30.9 Å². The van der Waals surface area contributed by atoms with Crippen LogP contribution >= 0.6 is 0 Å². The van der Waals surface area contributed by atoms with Crippen molar-refractivity contribution >= 4 is 34.8 Å². The van der Waals surface area contributed by atoms with Gasteiger partial charge in [-0.25, -0.2) is 4.39 Å². The number of nitrogens with zero attached hydrogens (tertiary/aromatic N) is 1. The van der Waals surface area contributed by atoms with Crippen LogP contribution in [0.15, 0.2) is 60.3 Å². The van der Waals surface area contributed by atoms with Crippen LogP contribution < -0.4 is 15.5 Å². The molecule has 3 rings (SSSR count). The fraction of sp³-hybridized carbons (Fsp3) is 0.190. The van der Waals surface area contributed by atoms with E-state index in [0.717, 1.165) is 0 Å². The van der Waals surface area contributed by atoms with Gasteiger partial charge in [-0.2, -0.15) is 0 Å². The van der Waals surface area contributed by atoms with Gasteiger partial charge in [0.2, 0.25) is 5.91 Å². The molecule has 1 aliphatic heterocycles. The number of anilines is 3. The summed E-state index contributed by atoms with van der Waals surface area (Å²) in [5.41, 5.74) is 1.89. The highest BCUT2D eigenvalue weighted by Crippen LogP contribution is 2.30. The van der Waals surface area contributed by atoms with Gasteiger partial charge in [0, 0.05) is 17.5 Å². The largest absolute Gasteiger partial charge is 0.466 e. The summed E-state index contributed by atoms with van der Waals surface area (Å²) in [6.07, 6.45) is 1.19. The molecule has 0 unspecified atom stereocenters. The van der Waals surface area contributed by atoms with Gasteiger partial charge in [-0.3, -0.25) is 19.3 Å². The van der Waals surface area contributed by atoms with Crippen molar-refractivity contribution in [2.75, 3.05) is 28.7 Å². The van der Waals surface area contributed by atoms with Crippen molar-refractivity contribution in [1.29, 1.82) is 0 Å². The van der Waals surface area contributed by atoms with Crippen LogP contribution in [-0.2, 0) is 19.1 Å². The number of ether oxygens (including phenoxy) is 1. The third kappa shape index (κ3) is 5.19. The van der Waals surface area contributed by atoms with Crippen LogP contribution in [0.4, 0.5) is 21.5 Å². The van der Waals surface area contributed by atoms with Crippen molar-refractivity contribution in [2.24, 2.45) is 0 Å². The minimum atomic E-state index is -0.459. The zero-order valence-electron chi connectivity index (χ0n) is 15.8. The fourth-order valence-electron chi connectivity index (χ4n) is 2.87. The van der Waals surface area contributed by atoms with Gasteiger partial charge in [0.15, 0.2) is 0 Å². The Morgan fingerprint density at radius 3 is 2.59 bits per heavy atom.